The quantitative estimate of drug-likeness (QED) is 0.549. The topological polar surface area (TPSA) is 47.9 Å². The molecule has 0 aromatic heterocycles. The van der Waals surface area contributed by atoms with Crippen molar-refractivity contribution in [3.63, 3.8) is 0 Å². The zero-order valence-electron chi connectivity index (χ0n) is 16.9. The minimum Gasteiger partial charge on any atom is -0.496 e. The summed E-state index contributed by atoms with van der Waals surface area (Å²) in [7, 11) is 3.23. The molecule has 1 aliphatic heterocycles. The molecule has 5 heteroatoms. The van der Waals surface area contributed by atoms with Gasteiger partial charge in [-0.2, -0.15) is 0 Å². The highest BCUT2D eigenvalue weighted by Gasteiger charge is 2.69. The van der Waals surface area contributed by atoms with E-state index in [2.05, 4.69) is 28.1 Å². The van der Waals surface area contributed by atoms with E-state index in [9.17, 15) is 5.11 Å². The Balaban J connectivity index is 1.78. The van der Waals surface area contributed by atoms with Crippen molar-refractivity contribution in [2.75, 3.05) is 14.2 Å². The molecule has 0 radical (unpaired) electrons. The van der Waals surface area contributed by atoms with Crippen molar-refractivity contribution in [3.05, 3.63) is 87.9 Å². The van der Waals surface area contributed by atoms with Gasteiger partial charge in [0.2, 0.25) is 0 Å². The maximum absolute atomic E-state index is 12.3. The molecule has 2 aliphatic rings. The van der Waals surface area contributed by atoms with Crippen LogP contribution in [0.2, 0.25) is 0 Å². The Bertz CT molecular complexity index is 1080. The lowest BCUT2D eigenvalue weighted by Gasteiger charge is -2.40. The molecule has 1 fully saturated rings. The zero-order valence-corrected chi connectivity index (χ0v) is 18.5. The van der Waals surface area contributed by atoms with Gasteiger partial charge in [0.25, 0.3) is 0 Å². The van der Waals surface area contributed by atoms with E-state index >= 15 is 0 Å². The molecule has 0 spiro atoms. The van der Waals surface area contributed by atoms with Gasteiger partial charge in [0.15, 0.2) is 5.60 Å². The average Bonchev–Trinajstić information content (AvgIpc) is 3.21. The van der Waals surface area contributed by atoms with Crippen molar-refractivity contribution in [3.8, 4) is 17.2 Å². The van der Waals surface area contributed by atoms with Gasteiger partial charge in [0, 0.05) is 22.5 Å². The van der Waals surface area contributed by atoms with Gasteiger partial charge in [0.05, 0.1) is 19.8 Å². The first-order valence-corrected chi connectivity index (χ1v) is 10.8. The van der Waals surface area contributed by atoms with Crippen LogP contribution in [0, 0.1) is 0 Å². The van der Waals surface area contributed by atoms with Crippen LogP contribution in [0.5, 0.6) is 17.2 Å². The van der Waals surface area contributed by atoms with E-state index in [-0.39, 0.29) is 5.92 Å². The fraction of sp³-hybridized carbons (Fsp3) is 0.280. The summed E-state index contributed by atoms with van der Waals surface area (Å²) < 4.78 is 18.9. The first-order valence-electron chi connectivity index (χ1n) is 10.0. The van der Waals surface area contributed by atoms with Crippen LogP contribution >= 0.6 is 15.9 Å². The summed E-state index contributed by atoms with van der Waals surface area (Å²) >= 11 is 3.53. The molecule has 3 aromatic rings. The lowest BCUT2D eigenvalue weighted by Crippen LogP contribution is -2.48. The molecule has 0 amide bonds. The van der Waals surface area contributed by atoms with E-state index in [0.29, 0.717) is 29.2 Å². The molecule has 1 heterocycles. The van der Waals surface area contributed by atoms with Crippen LogP contribution in [0.3, 0.4) is 0 Å². The van der Waals surface area contributed by atoms with Crippen LogP contribution in [-0.4, -0.2) is 19.3 Å². The van der Waals surface area contributed by atoms with Crippen LogP contribution in [0.15, 0.2) is 71.2 Å². The third-order valence-corrected chi connectivity index (χ3v) is 7.08. The number of hydrogen-bond acceptors (Lipinski definition) is 4. The van der Waals surface area contributed by atoms with E-state index in [4.69, 9.17) is 14.2 Å². The van der Waals surface area contributed by atoms with Gasteiger partial charge >= 0.3 is 0 Å². The summed E-state index contributed by atoms with van der Waals surface area (Å²) in [6.45, 7) is 0. The van der Waals surface area contributed by atoms with E-state index in [1.54, 1.807) is 14.2 Å². The number of aliphatic hydroxyl groups is 1. The number of benzene rings is 3. The van der Waals surface area contributed by atoms with Gasteiger partial charge in [-0.1, -0.05) is 58.4 Å². The second-order valence-electron chi connectivity index (χ2n) is 7.91. The maximum atomic E-state index is 12.3. The molecule has 4 nitrogen and oxygen atoms in total. The van der Waals surface area contributed by atoms with Gasteiger partial charge in [-0.25, -0.2) is 0 Å². The SMILES string of the molecule is COc1cc(OC)c2c(c1)OC1(c3ccc(Br)cc3)C(c3ccccc3)CCC21O. The molecule has 1 N–H and O–H groups in total. The molecule has 0 saturated heterocycles. The molecular weight excluding hydrogens is 444 g/mol. The second-order valence-corrected chi connectivity index (χ2v) is 8.83. The van der Waals surface area contributed by atoms with Crippen LogP contribution in [0.4, 0.5) is 0 Å². The van der Waals surface area contributed by atoms with Gasteiger partial charge in [0.1, 0.15) is 22.8 Å². The highest BCUT2D eigenvalue weighted by molar-refractivity contribution is 9.10. The monoisotopic (exact) mass is 466 g/mol. The molecule has 154 valence electrons. The number of fused-ring (bicyclic) bond motifs is 3. The number of halogens is 1. The number of rotatable bonds is 4. The standard InChI is InChI=1S/C25H23BrO4/c1-28-19-14-21(29-2)23-22(15-19)30-25(17-8-10-18(26)11-9-17)20(12-13-24(23,25)27)16-6-4-3-5-7-16/h3-11,14-15,20,27H,12-13H2,1-2H3. The summed E-state index contributed by atoms with van der Waals surface area (Å²) in [6.07, 6.45) is 1.36. The highest BCUT2D eigenvalue weighted by atomic mass is 79.9. The fourth-order valence-electron chi connectivity index (χ4n) is 5.29. The molecule has 1 saturated carbocycles. The van der Waals surface area contributed by atoms with Gasteiger partial charge < -0.3 is 19.3 Å². The Kier molecular flexibility index (Phi) is 4.56. The smallest absolute Gasteiger partial charge is 0.174 e. The molecule has 3 unspecified atom stereocenters. The lowest BCUT2D eigenvalue weighted by atomic mass is 9.71. The van der Waals surface area contributed by atoms with Crippen molar-refractivity contribution in [1.82, 2.24) is 0 Å². The third kappa shape index (κ3) is 2.55. The van der Waals surface area contributed by atoms with Gasteiger partial charge in [-0.3, -0.25) is 0 Å². The second kappa shape index (κ2) is 7.03. The van der Waals surface area contributed by atoms with Crippen molar-refractivity contribution >= 4 is 15.9 Å². The molecule has 0 bridgehead atoms. The Morgan fingerprint density at radius 1 is 1.00 bits per heavy atom. The van der Waals surface area contributed by atoms with Crippen LogP contribution in [0.25, 0.3) is 0 Å². The van der Waals surface area contributed by atoms with Crippen molar-refractivity contribution in [2.24, 2.45) is 0 Å². The van der Waals surface area contributed by atoms with E-state index in [1.165, 1.54) is 0 Å². The predicted octanol–water partition coefficient (Wildman–Crippen LogP) is 5.52. The summed E-state index contributed by atoms with van der Waals surface area (Å²) in [6, 6.07) is 22.0. The highest BCUT2D eigenvalue weighted by Crippen LogP contribution is 2.68. The van der Waals surface area contributed by atoms with Gasteiger partial charge in [-0.15, -0.1) is 0 Å². The minimum absolute atomic E-state index is 0.0204. The van der Waals surface area contributed by atoms with E-state index < -0.39 is 11.2 Å². The Hall–Kier alpha value is -2.50. The fourth-order valence-corrected chi connectivity index (χ4v) is 5.55. The van der Waals surface area contributed by atoms with E-state index in [0.717, 1.165) is 22.0 Å². The lowest BCUT2D eigenvalue weighted by molar-refractivity contribution is -0.106. The number of methoxy groups -OCH3 is 2. The van der Waals surface area contributed by atoms with E-state index in [1.807, 2.05) is 54.6 Å². The minimum atomic E-state index is -1.23. The van der Waals surface area contributed by atoms with Crippen LogP contribution in [-0.2, 0) is 11.2 Å². The summed E-state index contributed by atoms with van der Waals surface area (Å²) in [5, 5.41) is 12.3. The Labute approximate surface area is 184 Å². The molecular formula is C25H23BrO4. The number of hydrogen-bond donors (Lipinski definition) is 1. The third-order valence-electron chi connectivity index (χ3n) is 6.55. The summed E-state index contributed by atoms with van der Waals surface area (Å²) in [4.78, 5) is 0. The molecule has 30 heavy (non-hydrogen) atoms. The first kappa shape index (κ1) is 19.5. The van der Waals surface area contributed by atoms with Crippen molar-refractivity contribution < 1.29 is 19.3 Å². The zero-order chi connectivity index (χ0) is 20.9. The number of ether oxygens (including phenoxy) is 3. The van der Waals surface area contributed by atoms with Crippen molar-refractivity contribution in [1.29, 1.82) is 0 Å². The van der Waals surface area contributed by atoms with Crippen LogP contribution in [0.1, 0.15) is 35.4 Å². The van der Waals surface area contributed by atoms with Gasteiger partial charge in [-0.05, 0) is 36.1 Å². The Morgan fingerprint density at radius 3 is 2.40 bits per heavy atom. The maximum Gasteiger partial charge on any atom is 0.174 e. The molecule has 1 aliphatic carbocycles. The van der Waals surface area contributed by atoms with Crippen molar-refractivity contribution in [2.45, 2.75) is 30.0 Å². The Morgan fingerprint density at radius 2 is 1.73 bits per heavy atom. The summed E-state index contributed by atoms with van der Waals surface area (Å²) in [5.74, 6) is 1.81. The average molecular weight is 467 g/mol. The predicted molar refractivity (Wildman–Crippen MR) is 118 cm³/mol. The largest absolute Gasteiger partial charge is 0.496 e. The first-order chi connectivity index (χ1) is 14.5. The molecule has 3 aromatic carbocycles. The van der Waals surface area contributed by atoms with Crippen LogP contribution < -0.4 is 14.2 Å². The molecule has 3 atom stereocenters. The molecule has 5 rings (SSSR count). The normalized spacial score (nSPS) is 26.6. The summed E-state index contributed by atoms with van der Waals surface area (Å²) in [5.41, 5.74) is 0.602.